The number of nitrogens with one attached hydrogen (secondary N) is 1. The van der Waals surface area contributed by atoms with Gasteiger partial charge in [0.2, 0.25) is 0 Å². The van der Waals surface area contributed by atoms with E-state index in [0.29, 0.717) is 22.6 Å². The largest absolute Gasteiger partial charge is 0.399 e. The van der Waals surface area contributed by atoms with Crippen molar-refractivity contribution in [1.29, 1.82) is 0 Å². The molecule has 0 aliphatic rings. The van der Waals surface area contributed by atoms with Crippen LogP contribution in [0, 0.1) is 0 Å². The van der Waals surface area contributed by atoms with E-state index in [1.165, 1.54) is 24.3 Å². The second kappa shape index (κ2) is 5.45. The molecular weight excluding hydrogens is 290 g/mol. The second-order valence-corrected chi connectivity index (χ2v) is 6.66. The number of amides is 1. The van der Waals surface area contributed by atoms with Gasteiger partial charge in [-0.2, -0.15) is 0 Å². The summed E-state index contributed by atoms with van der Waals surface area (Å²) in [6.07, 6.45) is 1.10. The number of nitrogens with two attached hydrogens (primary N) is 2. The third kappa shape index (κ3) is 3.73. The lowest BCUT2D eigenvalue weighted by Gasteiger charge is -2.08. The molecule has 5 N–H and O–H groups in total. The molecule has 0 aromatic heterocycles. The molecule has 2 aromatic carbocycles. The van der Waals surface area contributed by atoms with Crippen LogP contribution in [0.25, 0.3) is 0 Å². The van der Waals surface area contributed by atoms with Crippen LogP contribution in [0.15, 0.2) is 47.4 Å². The predicted octanol–water partition coefficient (Wildman–Crippen LogP) is 1.51. The van der Waals surface area contributed by atoms with E-state index in [2.05, 4.69) is 5.32 Å². The Balaban J connectivity index is 2.28. The van der Waals surface area contributed by atoms with Gasteiger partial charge < -0.3 is 16.8 Å². The lowest BCUT2D eigenvalue weighted by atomic mass is 10.1. The van der Waals surface area contributed by atoms with Crippen LogP contribution in [0.1, 0.15) is 10.4 Å². The average molecular weight is 305 g/mol. The maximum atomic E-state index is 12.1. The van der Waals surface area contributed by atoms with Crippen molar-refractivity contribution in [3.63, 3.8) is 0 Å². The molecule has 21 heavy (non-hydrogen) atoms. The van der Waals surface area contributed by atoms with Crippen molar-refractivity contribution >= 4 is 32.8 Å². The van der Waals surface area contributed by atoms with Crippen molar-refractivity contribution in [2.24, 2.45) is 0 Å². The molecule has 0 atom stereocenters. The average Bonchev–Trinajstić information content (AvgIpc) is 2.37. The Bertz CT molecular complexity index is 781. The van der Waals surface area contributed by atoms with Gasteiger partial charge in [-0.15, -0.1) is 0 Å². The molecule has 110 valence electrons. The van der Waals surface area contributed by atoms with Gasteiger partial charge in [0, 0.05) is 28.9 Å². The Hall–Kier alpha value is -2.54. The highest BCUT2D eigenvalue weighted by Crippen LogP contribution is 2.18. The smallest absolute Gasteiger partial charge is 0.255 e. The minimum atomic E-state index is -3.33. The molecule has 6 nitrogen and oxygen atoms in total. The summed E-state index contributed by atoms with van der Waals surface area (Å²) < 4.78 is 23.0. The summed E-state index contributed by atoms with van der Waals surface area (Å²) in [5.74, 6) is -0.417. The van der Waals surface area contributed by atoms with Crippen LogP contribution in [0.2, 0.25) is 0 Å². The number of benzene rings is 2. The summed E-state index contributed by atoms with van der Waals surface area (Å²) in [6, 6.07) is 10.5. The number of sulfone groups is 1. The number of rotatable bonds is 3. The molecule has 0 unspecified atom stereocenters. The summed E-state index contributed by atoms with van der Waals surface area (Å²) >= 11 is 0. The lowest BCUT2D eigenvalue weighted by Crippen LogP contribution is -2.13. The first-order valence-corrected chi connectivity index (χ1v) is 7.92. The van der Waals surface area contributed by atoms with E-state index in [9.17, 15) is 13.2 Å². The highest BCUT2D eigenvalue weighted by Gasteiger charge is 2.11. The zero-order chi connectivity index (χ0) is 15.6. The number of nitrogen functional groups attached to an aromatic ring is 2. The van der Waals surface area contributed by atoms with Gasteiger partial charge in [-0.1, -0.05) is 6.07 Å². The SMILES string of the molecule is CS(=O)(=O)c1cccc(NC(=O)c2cc(N)cc(N)c2)c1. The molecule has 0 radical (unpaired) electrons. The molecule has 0 fully saturated rings. The van der Waals surface area contributed by atoms with E-state index in [0.717, 1.165) is 6.26 Å². The number of carbonyl (C=O) groups excluding carboxylic acids is 1. The molecule has 2 aromatic rings. The van der Waals surface area contributed by atoms with Crippen LogP contribution in [-0.4, -0.2) is 20.6 Å². The molecule has 2 rings (SSSR count). The highest BCUT2D eigenvalue weighted by atomic mass is 32.2. The molecule has 7 heteroatoms. The van der Waals surface area contributed by atoms with Gasteiger partial charge in [0.1, 0.15) is 0 Å². The first-order valence-electron chi connectivity index (χ1n) is 6.03. The van der Waals surface area contributed by atoms with Gasteiger partial charge in [0.25, 0.3) is 5.91 Å². The van der Waals surface area contributed by atoms with E-state index in [4.69, 9.17) is 11.5 Å². The fourth-order valence-electron chi connectivity index (χ4n) is 1.82. The topological polar surface area (TPSA) is 115 Å². The zero-order valence-electron chi connectivity index (χ0n) is 11.3. The molecule has 0 spiro atoms. The quantitative estimate of drug-likeness (QED) is 0.743. The molecule has 0 saturated carbocycles. The Labute approximate surface area is 122 Å². The minimum Gasteiger partial charge on any atom is -0.399 e. The number of anilines is 3. The van der Waals surface area contributed by atoms with Crippen LogP contribution >= 0.6 is 0 Å². The van der Waals surface area contributed by atoms with E-state index in [1.807, 2.05) is 0 Å². The van der Waals surface area contributed by atoms with Crippen molar-refractivity contribution in [2.75, 3.05) is 23.0 Å². The van der Waals surface area contributed by atoms with Crippen molar-refractivity contribution in [3.8, 4) is 0 Å². The Morgan fingerprint density at radius 1 is 1.05 bits per heavy atom. The maximum Gasteiger partial charge on any atom is 0.255 e. The summed E-state index contributed by atoms with van der Waals surface area (Å²) in [5, 5.41) is 2.61. The van der Waals surface area contributed by atoms with Crippen LogP contribution in [0.3, 0.4) is 0 Å². The van der Waals surface area contributed by atoms with Gasteiger partial charge in [-0.3, -0.25) is 4.79 Å². The van der Waals surface area contributed by atoms with Crippen LogP contribution < -0.4 is 16.8 Å². The highest BCUT2D eigenvalue weighted by molar-refractivity contribution is 7.90. The number of carbonyl (C=O) groups is 1. The zero-order valence-corrected chi connectivity index (χ0v) is 12.1. The Morgan fingerprint density at radius 2 is 1.67 bits per heavy atom. The molecule has 0 aliphatic carbocycles. The van der Waals surface area contributed by atoms with Crippen molar-refractivity contribution < 1.29 is 13.2 Å². The first-order chi connectivity index (χ1) is 9.75. The molecular formula is C14H15N3O3S. The van der Waals surface area contributed by atoms with E-state index in [1.54, 1.807) is 18.2 Å². The van der Waals surface area contributed by atoms with Crippen LogP contribution in [0.5, 0.6) is 0 Å². The second-order valence-electron chi connectivity index (χ2n) is 4.64. The molecule has 0 bridgehead atoms. The van der Waals surface area contributed by atoms with Gasteiger partial charge in [0.15, 0.2) is 9.84 Å². The van der Waals surface area contributed by atoms with E-state index in [-0.39, 0.29) is 4.90 Å². The molecule has 0 aliphatic heterocycles. The van der Waals surface area contributed by atoms with Crippen molar-refractivity contribution in [3.05, 3.63) is 48.0 Å². The summed E-state index contributed by atoms with van der Waals surface area (Å²) in [5.41, 5.74) is 12.7. The number of hydrogen-bond acceptors (Lipinski definition) is 5. The van der Waals surface area contributed by atoms with Gasteiger partial charge in [-0.25, -0.2) is 8.42 Å². The molecule has 1 amide bonds. The van der Waals surface area contributed by atoms with Crippen LogP contribution in [-0.2, 0) is 9.84 Å². The Kier molecular flexibility index (Phi) is 3.86. The lowest BCUT2D eigenvalue weighted by molar-refractivity contribution is 0.102. The summed E-state index contributed by atoms with van der Waals surface area (Å²) in [6.45, 7) is 0. The number of hydrogen-bond donors (Lipinski definition) is 3. The molecule has 0 saturated heterocycles. The monoisotopic (exact) mass is 305 g/mol. The van der Waals surface area contributed by atoms with Crippen LogP contribution in [0.4, 0.5) is 17.1 Å². The minimum absolute atomic E-state index is 0.132. The third-order valence-corrected chi connectivity index (χ3v) is 3.87. The van der Waals surface area contributed by atoms with Gasteiger partial charge >= 0.3 is 0 Å². The van der Waals surface area contributed by atoms with Crippen molar-refractivity contribution in [1.82, 2.24) is 0 Å². The van der Waals surface area contributed by atoms with Crippen molar-refractivity contribution in [2.45, 2.75) is 4.90 Å². The van der Waals surface area contributed by atoms with E-state index < -0.39 is 15.7 Å². The molecule has 0 heterocycles. The van der Waals surface area contributed by atoms with Gasteiger partial charge in [-0.05, 0) is 36.4 Å². The summed E-state index contributed by atoms with van der Waals surface area (Å²) in [4.78, 5) is 12.2. The van der Waals surface area contributed by atoms with E-state index >= 15 is 0 Å². The Morgan fingerprint density at radius 3 is 2.24 bits per heavy atom. The normalized spacial score (nSPS) is 11.1. The fraction of sp³-hybridized carbons (Fsp3) is 0.0714. The third-order valence-electron chi connectivity index (χ3n) is 2.76. The standard InChI is InChI=1S/C14H15N3O3S/c1-21(19,20)13-4-2-3-12(8-13)17-14(18)9-5-10(15)7-11(16)6-9/h2-8H,15-16H2,1H3,(H,17,18). The predicted molar refractivity (Wildman–Crippen MR) is 82.8 cm³/mol. The van der Waals surface area contributed by atoms with Gasteiger partial charge in [0.05, 0.1) is 4.90 Å². The maximum absolute atomic E-state index is 12.1. The summed E-state index contributed by atoms with van der Waals surface area (Å²) in [7, 11) is -3.33. The first kappa shape index (κ1) is 14.9. The fourth-order valence-corrected chi connectivity index (χ4v) is 2.48.